The number of ether oxygens (including phenoxy) is 2. The molecule has 0 fully saturated rings. The van der Waals surface area contributed by atoms with Crippen molar-refractivity contribution < 1.29 is 14.3 Å². The van der Waals surface area contributed by atoms with Gasteiger partial charge in [0, 0.05) is 5.69 Å². The summed E-state index contributed by atoms with van der Waals surface area (Å²) in [6.07, 6.45) is 0. The molecule has 1 atom stereocenters. The fraction of sp³-hybridized carbons (Fsp3) is 0.333. The molecule has 2 N–H and O–H groups in total. The molecule has 0 radical (unpaired) electrons. The van der Waals surface area contributed by atoms with E-state index < -0.39 is 0 Å². The topological polar surface area (TPSA) is 59.6 Å². The highest BCUT2D eigenvalue weighted by Crippen LogP contribution is 2.18. The molecule has 2 aromatic carbocycles. The molecule has 0 spiro atoms. The predicted octanol–water partition coefficient (Wildman–Crippen LogP) is 4.23. The second-order valence-electron chi connectivity index (χ2n) is 6.33. The number of hydrogen-bond acceptors (Lipinski definition) is 4. The van der Waals surface area contributed by atoms with Crippen molar-refractivity contribution in [3.63, 3.8) is 0 Å². The highest BCUT2D eigenvalue weighted by atomic mass is 32.1. The molecule has 0 saturated heterocycles. The smallest absolute Gasteiger partial charge is 0.338 e. The Bertz CT molecular complexity index is 808. The maximum absolute atomic E-state index is 11.8. The average Bonchev–Trinajstić information content (AvgIpc) is 2.63. The highest BCUT2D eigenvalue weighted by Gasteiger charge is 2.11. The Hall–Kier alpha value is -2.60. The summed E-state index contributed by atoms with van der Waals surface area (Å²) in [6.45, 7) is 8.57. The van der Waals surface area contributed by atoms with Crippen LogP contribution >= 0.6 is 12.2 Å². The molecule has 27 heavy (non-hydrogen) atoms. The van der Waals surface area contributed by atoms with Crippen LogP contribution in [0.25, 0.3) is 0 Å². The minimum absolute atomic E-state index is 0.0312. The molecular formula is C21H26N2O3S. The lowest BCUT2D eigenvalue weighted by Crippen LogP contribution is -2.39. The third-order valence-corrected chi connectivity index (χ3v) is 4.17. The van der Waals surface area contributed by atoms with Crippen LogP contribution < -0.4 is 15.4 Å². The van der Waals surface area contributed by atoms with E-state index in [2.05, 4.69) is 10.6 Å². The molecule has 0 aromatic heterocycles. The van der Waals surface area contributed by atoms with Gasteiger partial charge in [0.25, 0.3) is 0 Å². The number of anilines is 1. The van der Waals surface area contributed by atoms with E-state index in [1.807, 2.05) is 51.1 Å². The molecule has 0 bridgehead atoms. The molecule has 2 rings (SSSR count). The van der Waals surface area contributed by atoms with E-state index in [1.54, 1.807) is 19.1 Å². The van der Waals surface area contributed by atoms with Crippen molar-refractivity contribution in [3.8, 4) is 5.75 Å². The van der Waals surface area contributed by atoms with Crippen LogP contribution in [0, 0.1) is 13.8 Å². The van der Waals surface area contributed by atoms with Crippen LogP contribution in [0.4, 0.5) is 5.69 Å². The Balaban J connectivity index is 1.87. The molecule has 0 saturated carbocycles. The number of nitrogens with one attached hydrogen (secondary N) is 2. The molecule has 0 unspecified atom stereocenters. The van der Waals surface area contributed by atoms with Gasteiger partial charge in [-0.25, -0.2) is 4.79 Å². The number of para-hydroxylation sites is 1. The SMILES string of the molecule is CCOC(=O)c1ccc(NC(=S)N[C@@H](C)COc2ccccc2C)c(C)c1. The Morgan fingerprint density at radius 1 is 1.15 bits per heavy atom. The van der Waals surface area contributed by atoms with Crippen LogP contribution in [0.1, 0.15) is 35.3 Å². The second kappa shape index (κ2) is 9.92. The van der Waals surface area contributed by atoms with Crippen LogP contribution in [0.3, 0.4) is 0 Å². The van der Waals surface area contributed by atoms with Crippen molar-refractivity contribution in [1.29, 1.82) is 0 Å². The number of aryl methyl sites for hydroxylation is 2. The zero-order valence-corrected chi connectivity index (χ0v) is 17.0. The van der Waals surface area contributed by atoms with Gasteiger partial charge in [-0.3, -0.25) is 0 Å². The molecular weight excluding hydrogens is 360 g/mol. The van der Waals surface area contributed by atoms with Gasteiger partial charge < -0.3 is 20.1 Å². The van der Waals surface area contributed by atoms with Gasteiger partial charge in [0.2, 0.25) is 0 Å². The third kappa shape index (κ3) is 6.25. The largest absolute Gasteiger partial charge is 0.491 e. The number of rotatable bonds is 7. The summed E-state index contributed by atoms with van der Waals surface area (Å²) in [6, 6.07) is 13.3. The van der Waals surface area contributed by atoms with Crippen LogP contribution in [-0.4, -0.2) is 30.3 Å². The van der Waals surface area contributed by atoms with Gasteiger partial charge in [0.05, 0.1) is 18.2 Å². The van der Waals surface area contributed by atoms with Crippen molar-refractivity contribution in [2.24, 2.45) is 0 Å². The molecule has 6 heteroatoms. The van der Waals surface area contributed by atoms with E-state index in [0.29, 0.717) is 23.9 Å². The second-order valence-corrected chi connectivity index (χ2v) is 6.73. The molecule has 0 aliphatic carbocycles. The van der Waals surface area contributed by atoms with Crippen molar-refractivity contribution in [2.45, 2.75) is 33.7 Å². The van der Waals surface area contributed by atoms with Crippen LogP contribution in [-0.2, 0) is 4.74 Å². The predicted molar refractivity (Wildman–Crippen MR) is 113 cm³/mol. The molecule has 0 aliphatic rings. The van der Waals surface area contributed by atoms with Gasteiger partial charge in [-0.2, -0.15) is 0 Å². The van der Waals surface area contributed by atoms with Crippen molar-refractivity contribution in [2.75, 3.05) is 18.5 Å². The van der Waals surface area contributed by atoms with Crippen LogP contribution in [0.15, 0.2) is 42.5 Å². The lowest BCUT2D eigenvalue weighted by Gasteiger charge is -2.19. The normalized spacial score (nSPS) is 11.4. The fourth-order valence-electron chi connectivity index (χ4n) is 2.50. The molecule has 5 nitrogen and oxygen atoms in total. The fourth-order valence-corrected chi connectivity index (χ4v) is 2.81. The van der Waals surface area contributed by atoms with E-state index in [1.165, 1.54) is 0 Å². The zero-order chi connectivity index (χ0) is 19.8. The summed E-state index contributed by atoms with van der Waals surface area (Å²) in [5.74, 6) is 0.547. The lowest BCUT2D eigenvalue weighted by molar-refractivity contribution is 0.0526. The van der Waals surface area contributed by atoms with Gasteiger partial charge in [-0.15, -0.1) is 0 Å². The first-order valence-electron chi connectivity index (χ1n) is 8.94. The van der Waals surface area contributed by atoms with Crippen molar-refractivity contribution >= 4 is 29.0 Å². The summed E-state index contributed by atoms with van der Waals surface area (Å²) in [5, 5.41) is 6.87. The summed E-state index contributed by atoms with van der Waals surface area (Å²) in [7, 11) is 0. The molecule has 0 aliphatic heterocycles. The van der Waals surface area contributed by atoms with Gasteiger partial charge in [0.1, 0.15) is 12.4 Å². The number of hydrogen-bond donors (Lipinski definition) is 2. The summed E-state index contributed by atoms with van der Waals surface area (Å²) >= 11 is 5.39. The molecule has 2 aromatic rings. The van der Waals surface area contributed by atoms with Gasteiger partial charge >= 0.3 is 5.97 Å². The van der Waals surface area contributed by atoms with Crippen molar-refractivity contribution in [3.05, 3.63) is 59.2 Å². The molecule has 0 amide bonds. The Labute approximate surface area is 166 Å². The Morgan fingerprint density at radius 3 is 2.56 bits per heavy atom. The van der Waals surface area contributed by atoms with Crippen molar-refractivity contribution in [1.82, 2.24) is 5.32 Å². The number of thiocarbonyl (C=S) groups is 1. The Kier molecular flexibility index (Phi) is 7.61. The van der Waals surface area contributed by atoms with E-state index in [9.17, 15) is 4.79 Å². The maximum atomic E-state index is 11.8. The number of carbonyl (C=O) groups is 1. The molecule has 144 valence electrons. The summed E-state index contributed by atoms with van der Waals surface area (Å²) in [5.41, 5.74) is 3.38. The van der Waals surface area contributed by atoms with E-state index in [0.717, 1.165) is 22.6 Å². The minimum Gasteiger partial charge on any atom is -0.491 e. The average molecular weight is 387 g/mol. The minimum atomic E-state index is -0.324. The summed E-state index contributed by atoms with van der Waals surface area (Å²) in [4.78, 5) is 11.8. The van der Waals surface area contributed by atoms with E-state index in [4.69, 9.17) is 21.7 Å². The number of carbonyl (C=O) groups excluding carboxylic acids is 1. The van der Waals surface area contributed by atoms with Gasteiger partial charge in [-0.1, -0.05) is 18.2 Å². The number of esters is 1. The summed E-state index contributed by atoms with van der Waals surface area (Å²) < 4.78 is 10.9. The first-order chi connectivity index (χ1) is 12.9. The standard InChI is InChI=1S/C21H26N2O3S/c1-5-25-20(24)17-10-11-18(15(3)12-17)23-21(27)22-16(4)13-26-19-9-7-6-8-14(19)2/h6-12,16H,5,13H2,1-4H3,(H2,22,23,27)/t16-/m0/s1. The van der Waals surface area contributed by atoms with E-state index >= 15 is 0 Å². The Morgan fingerprint density at radius 2 is 1.89 bits per heavy atom. The number of benzene rings is 2. The first kappa shape index (κ1) is 20.7. The highest BCUT2D eigenvalue weighted by molar-refractivity contribution is 7.80. The zero-order valence-electron chi connectivity index (χ0n) is 16.2. The first-order valence-corrected chi connectivity index (χ1v) is 9.35. The quantitative estimate of drug-likeness (QED) is 0.548. The van der Waals surface area contributed by atoms with Crippen LogP contribution in [0.2, 0.25) is 0 Å². The van der Waals surface area contributed by atoms with Gasteiger partial charge in [-0.05, 0) is 75.3 Å². The third-order valence-electron chi connectivity index (χ3n) is 3.95. The van der Waals surface area contributed by atoms with E-state index in [-0.39, 0.29) is 12.0 Å². The van der Waals surface area contributed by atoms with Gasteiger partial charge in [0.15, 0.2) is 5.11 Å². The lowest BCUT2D eigenvalue weighted by atomic mass is 10.1. The maximum Gasteiger partial charge on any atom is 0.338 e. The molecule has 0 heterocycles. The van der Waals surface area contributed by atoms with Crippen LogP contribution in [0.5, 0.6) is 5.75 Å². The monoisotopic (exact) mass is 386 g/mol.